The summed E-state index contributed by atoms with van der Waals surface area (Å²) in [5.74, 6) is 0. The maximum absolute atomic E-state index is 11.6. The lowest BCUT2D eigenvalue weighted by Crippen LogP contribution is -2.19. The number of aliphatic hydroxyl groups is 1. The summed E-state index contributed by atoms with van der Waals surface area (Å²) in [6.07, 6.45) is 1.09. The number of pyridine rings is 1. The molecule has 0 bridgehead atoms. The summed E-state index contributed by atoms with van der Waals surface area (Å²) in [6, 6.07) is 3.64. The molecule has 1 unspecified atom stereocenters. The molecule has 0 aliphatic rings. The molecule has 0 aromatic carbocycles. The molecule has 19 heavy (non-hydrogen) atoms. The predicted octanol–water partition coefficient (Wildman–Crippen LogP) is 1.75. The summed E-state index contributed by atoms with van der Waals surface area (Å²) >= 11 is 1.31. The van der Waals surface area contributed by atoms with E-state index in [2.05, 4.69) is 15.2 Å². The van der Waals surface area contributed by atoms with Crippen molar-refractivity contribution >= 4 is 11.8 Å². The fourth-order valence-corrected chi connectivity index (χ4v) is 2.52. The molecule has 102 valence electrons. The SMILES string of the molecule is CC(O)c1ccc(Sc2n[nH]c(=O)n2C(C)C)nc1. The van der Waals surface area contributed by atoms with Crippen LogP contribution < -0.4 is 5.69 Å². The lowest BCUT2D eigenvalue weighted by molar-refractivity contribution is 0.198. The van der Waals surface area contributed by atoms with Crippen LogP contribution in [0.1, 0.15) is 38.5 Å². The van der Waals surface area contributed by atoms with E-state index in [0.29, 0.717) is 5.16 Å². The van der Waals surface area contributed by atoms with Gasteiger partial charge in [-0.2, -0.15) is 0 Å². The lowest BCUT2D eigenvalue weighted by Gasteiger charge is -2.08. The second kappa shape index (κ2) is 5.58. The van der Waals surface area contributed by atoms with Gasteiger partial charge in [-0.1, -0.05) is 6.07 Å². The molecule has 0 spiro atoms. The molecule has 0 aliphatic heterocycles. The standard InChI is InChI=1S/C12H16N4O2S/c1-7(2)16-11(18)14-15-12(16)19-10-5-4-9(6-13-10)8(3)17/h4-8,17H,1-3H3,(H,14,18). The quantitative estimate of drug-likeness (QED) is 0.891. The Hall–Kier alpha value is -1.60. The smallest absolute Gasteiger partial charge is 0.344 e. The Labute approximate surface area is 114 Å². The summed E-state index contributed by atoms with van der Waals surface area (Å²) in [5.41, 5.74) is 0.533. The highest BCUT2D eigenvalue weighted by atomic mass is 32.2. The second-order valence-corrected chi connectivity index (χ2v) is 5.47. The van der Waals surface area contributed by atoms with Crippen LogP contribution in [0.2, 0.25) is 0 Å². The molecule has 0 aliphatic carbocycles. The summed E-state index contributed by atoms with van der Waals surface area (Å²) in [6.45, 7) is 5.53. The Balaban J connectivity index is 2.24. The molecule has 7 heteroatoms. The lowest BCUT2D eigenvalue weighted by atomic mass is 10.2. The molecule has 1 atom stereocenters. The van der Waals surface area contributed by atoms with Gasteiger partial charge in [0.1, 0.15) is 5.03 Å². The van der Waals surface area contributed by atoms with Crippen LogP contribution >= 0.6 is 11.8 Å². The molecule has 2 N–H and O–H groups in total. The van der Waals surface area contributed by atoms with E-state index < -0.39 is 6.10 Å². The molecule has 2 aromatic rings. The van der Waals surface area contributed by atoms with Gasteiger partial charge in [-0.3, -0.25) is 4.57 Å². The van der Waals surface area contributed by atoms with Gasteiger partial charge in [0.05, 0.1) is 6.10 Å². The van der Waals surface area contributed by atoms with Crippen molar-refractivity contribution < 1.29 is 5.11 Å². The zero-order valence-corrected chi connectivity index (χ0v) is 11.8. The molecular weight excluding hydrogens is 264 g/mol. The minimum absolute atomic E-state index is 0.0329. The number of nitrogens with zero attached hydrogens (tertiary/aromatic N) is 3. The normalized spacial score (nSPS) is 12.9. The Kier molecular flexibility index (Phi) is 4.06. The van der Waals surface area contributed by atoms with E-state index in [0.717, 1.165) is 10.6 Å². The summed E-state index contributed by atoms with van der Waals surface area (Å²) in [5, 5.41) is 17.1. The van der Waals surface area contributed by atoms with Crippen LogP contribution in [0.15, 0.2) is 33.3 Å². The van der Waals surface area contributed by atoms with Gasteiger partial charge in [-0.15, -0.1) is 5.10 Å². The van der Waals surface area contributed by atoms with Crippen LogP contribution in [0.5, 0.6) is 0 Å². The third kappa shape index (κ3) is 3.05. The third-order valence-electron chi connectivity index (χ3n) is 2.63. The number of aliphatic hydroxyl groups excluding tert-OH is 1. The maximum atomic E-state index is 11.6. The average molecular weight is 280 g/mol. The second-order valence-electron chi connectivity index (χ2n) is 4.48. The van der Waals surface area contributed by atoms with E-state index >= 15 is 0 Å². The fraction of sp³-hybridized carbons (Fsp3) is 0.417. The van der Waals surface area contributed by atoms with Gasteiger partial charge < -0.3 is 5.11 Å². The van der Waals surface area contributed by atoms with Crippen molar-refractivity contribution in [2.24, 2.45) is 0 Å². The first-order chi connectivity index (χ1) is 8.99. The Morgan fingerprint density at radius 1 is 1.37 bits per heavy atom. The number of nitrogens with one attached hydrogen (secondary N) is 1. The van der Waals surface area contributed by atoms with E-state index in [4.69, 9.17) is 0 Å². The molecular formula is C12H16N4O2S. The van der Waals surface area contributed by atoms with E-state index in [1.54, 1.807) is 23.8 Å². The van der Waals surface area contributed by atoms with Crippen molar-refractivity contribution in [1.82, 2.24) is 19.7 Å². The Morgan fingerprint density at radius 2 is 2.11 bits per heavy atom. The van der Waals surface area contributed by atoms with E-state index in [-0.39, 0.29) is 11.7 Å². The largest absolute Gasteiger partial charge is 0.389 e. The van der Waals surface area contributed by atoms with Gasteiger partial charge in [0.15, 0.2) is 5.16 Å². The molecule has 2 rings (SSSR count). The highest BCUT2D eigenvalue weighted by Crippen LogP contribution is 2.25. The highest BCUT2D eigenvalue weighted by molar-refractivity contribution is 7.99. The van der Waals surface area contributed by atoms with E-state index in [9.17, 15) is 9.90 Å². The van der Waals surface area contributed by atoms with Gasteiger partial charge in [-0.05, 0) is 44.2 Å². The van der Waals surface area contributed by atoms with Crippen LogP contribution in [-0.4, -0.2) is 24.9 Å². The van der Waals surface area contributed by atoms with Crippen molar-refractivity contribution in [3.63, 3.8) is 0 Å². The first kappa shape index (κ1) is 13.8. The Morgan fingerprint density at radius 3 is 2.63 bits per heavy atom. The number of aromatic amines is 1. The zero-order chi connectivity index (χ0) is 14.0. The first-order valence-corrected chi connectivity index (χ1v) is 6.79. The minimum atomic E-state index is -0.536. The van der Waals surface area contributed by atoms with Crippen LogP contribution in [0.25, 0.3) is 0 Å². The maximum Gasteiger partial charge on any atom is 0.344 e. The van der Waals surface area contributed by atoms with Crippen LogP contribution in [0, 0.1) is 0 Å². The van der Waals surface area contributed by atoms with Gasteiger partial charge in [-0.25, -0.2) is 14.9 Å². The number of hydrogen-bond donors (Lipinski definition) is 2. The summed E-state index contributed by atoms with van der Waals surface area (Å²) < 4.78 is 1.58. The summed E-state index contributed by atoms with van der Waals surface area (Å²) in [7, 11) is 0. The average Bonchev–Trinajstić information content (AvgIpc) is 2.71. The fourth-order valence-electron chi connectivity index (χ4n) is 1.61. The van der Waals surface area contributed by atoms with Crippen molar-refractivity contribution in [2.45, 2.75) is 43.1 Å². The monoisotopic (exact) mass is 280 g/mol. The molecule has 0 saturated heterocycles. The topological polar surface area (TPSA) is 83.8 Å². The molecule has 0 radical (unpaired) electrons. The number of rotatable bonds is 4. The minimum Gasteiger partial charge on any atom is -0.389 e. The summed E-state index contributed by atoms with van der Waals surface area (Å²) in [4.78, 5) is 15.8. The molecule has 2 aromatic heterocycles. The number of hydrogen-bond acceptors (Lipinski definition) is 5. The van der Waals surface area contributed by atoms with Gasteiger partial charge in [0.25, 0.3) is 0 Å². The van der Waals surface area contributed by atoms with E-state index in [1.165, 1.54) is 11.8 Å². The van der Waals surface area contributed by atoms with Crippen molar-refractivity contribution in [3.8, 4) is 0 Å². The first-order valence-electron chi connectivity index (χ1n) is 5.98. The molecule has 0 fully saturated rings. The number of aromatic nitrogens is 4. The van der Waals surface area contributed by atoms with Crippen LogP contribution in [0.3, 0.4) is 0 Å². The van der Waals surface area contributed by atoms with Crippen LogP contribution in [0.4, 0.5) is 0 Å². The Bertz CT molecular complexity index is 601. The van der Waals surface area contributed by atoms with Gasteiger partial charge in [0, 0.05) is 12.2 Å². The van der Waals surface area contributed by atoms with Crippen molar-refractivity contribution in [3.05, 3.63) is 34.4 Å². The van der Waals surface area contributed by atoms with Crippen LogP contribution in [-0.2, 0) is 0 Å². The van der Waals surface area contributed by atoms with Crippen molar-refractivity contribution in [1.29, 1.82) is 0 Å². The number of H-pyrrole nitrogens is 1. The van der Waals surface area contributed by atoms with E-state index in [1.807, 2.05) is 19.9 Å². The molecule has 2 heterocycles. The third-order valence-corrected chi connectivity index (χ3v) is 3.55. The zero-order valence-electron chi connectivity index (χ0n) is 11.0. The van der Waals surface area contributed by atoms with Gasteiger partial charge in [0.2, 0.25) is 0 Å². The highest BCUT2D eigenvalue weighted by Gasteiger charge is 2.13. The predicted molar refractivity (Wildman–Crippen MR) is 72.2 cm³/mol. The molecule has 6 nitrogen and oxygen atoms in total. The van der Waals surface area contributed by atoms with Crippen molar-refractivity contribution in [2.75, 3.05) is 0 Å². The van der Waals surface area contributed by atoms with Gasteiger partial charge >= 0.3 is 5.69 Å². The molecule has 0 saturated carbocycles. The molecule has 0 amide bonds.